The first kappa shape index (κ1) is 25.1. The summed E-state index contributed by atoms with van der Waals surface area (Å²) >= 11 is 0. The second-order valence-corrected chi connectivity index (χ2v) is 10.5. The van der Waals surface area contributed by atoms with Crippen molar-refractivity contribution in [1.82, 2.24) is 34.3 Å². The molecule has 0 unspecified atom stereocenters. The van der Waals surface area contributed by atoms with Crippen LogP contribution < -0.4 is 10.2 Å². The van der Waals surface area contributed by atoms with Gasteiger partial charge in [-0.25, -0.2) is 14.7 Å². The molecular formula is C25H35N9O3. The molecule has 4 heterocycles. The lowest BCUT2D eigenvalue weighted by molar-refractivity contribution is -0.127. The first-order valence-corrected chi connectivity index (χ1v) is 12.9. The zero-order valence-corrected chi connectivity index (χ0v) is 21.9. The zero-order chi connectivity index (χ0) is 26.3. The van der Waals surface area contributed by atoms with Crippen molar-refractivity contribution < 1.29 is 14.3 Å². The van der Waals surface area contributed by atoms with Crippen molar-refractivity contribution in [3.63, 3.8) is 0 Å². The maximum absolute atomic E-state index is 12.8. The predicted octanol–water partition coefficient (Wildman–Crippen LogP) is 2.35. The van der Waals surface area contributed by atoms with Crippen LogP contribution >= 0.6 is 0 Å². The second-order valence-electron chi connectivity index (χ2n) is 10.5. The molecule has 5 rings (SSSR count). The molecule has 1 saturated carbocycles. The summed E-state index contributed by atoms with van der Waals surface area (Å²) in [6, 6.07) is -0.265. The third kappa shape index (κ3) is 5.02. The van der Waals surface area contributed by atoms with E-state index in [0.717, 1.165) is 31.6 Å². The molecule has 2 saturated heterocycles. The van der Waals surface area contributed by atoms with Crippen LogP contribution in [-0.2, 0) is 16.2 Å². The molecule has 2 aromatic rings. The van der Waals surface area contributed by atoms with Crippen molar-refractivity contribution in [3.8, 4) is 0 Å². The molecule has 0 radical (unpaired) electrons. The van der Waals surface area contributed by atoms with Gasteiger partial charge in [0.1, 0.15) is 11.4 Å². The van der Waals surface area contributed by atoms with Crippen LogP contribution in [0.4, 0.5) is 16.7 Å². The highest BCUT2D eigenvalue weighted by molar-refractivity contribution is 5.90. The van der Waals surface area contributed by atoms with Crippen molar-refractivity contribution >= 4 is 23.9 Å². The fourth-order valence-electron chi connectivity index (χ4n) is 5.32. The summed E-state index contributed by atoms with van der Waals surface area (Å²) < 4.78 is 7.78. The van der Waals surface area contributed by atoms with Gasteiger partial charge in [0.25, 0.3) is 0 Å². The van der Waals surface area contributed by atoms with Crippen molar-refractivity contribution in [2.75, 3.05) is 36.4 Å². The molecule has 2 atom stereocenters. The van der Waals surface area contributed by atoms with Gasteiger partial charge in [0.15, 0.2) is 0 Å². The van der Waals surface area contributed by atoms with Crippen LogP contribution in [0.2, 0.25) is 0 Å². The first-order chi connectivity index (χ1) is 17.7. The molecule has 2 amide bonds. The molecule has 12 heteroatoms. The number of hydrogen-bond donors (Lipinski definition) is 1. The van der Waals surface area contributed by atoms with Gasteiger partial charge in [-0.1, -0.05) is 20.4 Å². The zero-order valence-electron chi connectivity index (χ0n) is 21.9. The minimum atomic E-state index is -0.409. The van der Waals surface area contributed by atoms with E-state index in [1.807, 2.05) is 22.6 Å². The summed E-state index contributed by atoms with van der Waals surface area (Å²) in [5, 5.41) is 3.32. The van der Waals surface area contributed by atoms with Gasteiger partial charge in [-0.15, -0.1) is 0 Å². The lowest BCUT2D eigenvalue weighted by Gasteiger charge is -2.34. The predicted molar refractivity (Wildman–Crippen MR) is 137 cm³/mol. The fourth-order valence-corrected chi connectivity index (χ4v) is 5.32. The van der Waals surface area contributed by atoms with Crippen LogP contribution in [0, 0.1) is 12.8 Å². The lowest BCUT2D eigenvalue weighted by atomic mass is 9.96. The van der Waals surface area contributed by atoms with Gasteiger partial charge in [-0.2, -0.15) is 15.0 Å². The molecule has 12 nitrogen and oxygen atoms in total. The number of piperazine rings is 1. The van der Waals surface area contributed by atoms with E-state index in [1.165, 1.54) is 6.08 Å². The van der Waals surface area contributed by atoms with Gasteiger partial charge >= 0.3 is 6.09 Å². The van der Waals surface area contributed by atoms with Crippen molar-refractivity contribution in [2.24, 2.45) is 5.92 Å². The van der Waals surface area contributed by atoms with E-state index in [1.54, 1.807) is 18.2 Å². The Morgan fingerprint density at radius 3 is 2.59 bits per heavy atom. The normalized spacial score (nSPS) is 21.9. The van der Waals surface area contributed by atoms with Crippen LogP contribution in [0.3, 0.4) is 0 Å². The van der Waals surface area contributed by atoms with Gasteiger partial charge in [0.05, 0.1) is 30.8 Å². The minimum Gasteiger partial charge on any atom is -0.440 e. The molecule has 198 valence electrons. The highest BCUT2D eigenvalue weighted by Crippen LogP contribution is 2.52. The Morgan fingerprint density at radius 2 is 1.95 bits per heavy atom. The topological polar surface area (TPSA) is 122 Å². The number of rotatable bonds is 8. The lowest BCUT2D eigenvalue weighted by Crippen LogP contribution is -2.48. The quantitative estimate of drug-likeness (QED) is 0.534. The number of carbonyl (C=O) groups excluding carboxylic acids is 2. The standard InChI is InChI=1S/C25H35N9O3/c1-6-20(35)33-11-9-31(10-12-33)15-32-13-19(26-14-32)17(4)27-22-28-18(5)29-23(30-22)34-21(16(2)3)25(7-8-25)37-24(34)36/h6,13-14,16-17,21H,1,7-12,15H2,2-5H3,(H,27,28,29,30)/t17-,21-/m0/s1. The van der Waals surface area contributed by atoms with Crippen molar-refractivity contribution in [1.29, 1.82) is 0 Å². The average Bonchev–Trinajstić information content (AvgIpc) is 3.34. The largest absolute Gasteiger partial charge is 0.440 e. The van der Waals surface area contributed by atoms with Crippen LogP contribution in [0.15, 0.2) is 25.2 Å². The molecule has 1 N–H and O–H groups in total. The van der Waals surface area contributed by atoms with Gasteiger partial charge in [-0.3, -0.25) is 9.69 Å². The molecule has 2 aromatic heterocycles. The number of imidazole rings is 1. The first-order valence-electron chi connectivity index (χ1n) is 12.9. The SMILES string of the molecule is C=CC(=O)N1CCN(Cn2cnc([C@H](C)Nc3nc(C)nc(N4C(=O)OC5(CC5)[C@@H]4C(C)C)n3)c2)CC1. The fraction of sp³-hybridized carbons (Fsp3) is 0.600. The summed E-state index contributed by atoms with van der Waals surface area (Å²) in [4.78, 5) is 48.4. The van der Waals surface area contributed by atoms with E-state index >= 15 is 0 Å². The van der Waals surface area contributed by atoms with Gasteiger partial charge < -0.3 is 19.5 Å². The highest BCUT2D eigenvalue weighted by atomic mass is 16.6. The van der Waals surface area contributed by atoms with Crippen LogP contribution in [-0.4, -0.2) is 84.1 Å². The number of hydrogen-bond acceptors (Lipinski definition) is 9. The third-order valence-corrected chi connectivity index (χ3v) is 7.29. The molecule has 1 spiro atoms. The van der Waals surface area contributed by atoms with Gasteiger partial charge in [0, 0.05) is 32.4 Å². The Morgan fingerprint density at radius 1 is 1.22 bits per heavy atom. The second kappa shape index (κ2) is 9.73. The minimum absolute atomic E-state index is 0.0189. The number of amides is 2. The summed E-state index contributed by atoms with van der Waals surface area (Å²) in [6.07, 6.45) is 6.52. The van der Waals surface area contributed by atoms with E-state index in [0.29, 0.717) is 37.5 Å². The third-order valence-electron chi connectivity index (χ3n) is 7.29. The van der Waals surface area contributed by atoms with Gasteiger partial charge in [-0.05, 0) is 38.7 Å². The number of aromatic nitrogens is 5. The Balaban J connectivity index is 1.24. The smallest absolute Gasteiger partial charge is 0.417 e. The van der Waals surface area contributed by atoms with E-state index in [2.05, 4.69) is 50.6 Å². The number of anilines is 2. The molecule has 3 fully saturated rings. The van der Waals surface area contributed by atoms with Crippen molar-refractivity contribution in [3.05, 3.63) is 36.7 Å². The van der Waals surface area contributed by atoms with E-state index in [4.69, 9.17) is 4.74 Å². The Kier molecular flexibility index (Phi) is 6.61. The highest BCUT2D eigenvalue weighted by Gasteiger charge is 2.63. The van der Waals surface area contributed by atoms with Crippen LogP contribution in [0.5, 0.6) is 0 Å². The summed E-state index contributed by atoms with van der Waals surface area (Å²) in [7, 11) is 0. The molecule has 2 aliphatic heterocycles. The molecule has 0 aromatic carbocycles. The average molecular weight is 510 g/mol. The number of aryl methyl sites for hydroxylation is 1. The maximum atomic E-state index is 12.8. The number of carbonyl (C=O) groups is 2. The Bertz CT molecular complexity index is 1180. The van der Waals surface area contributed by atoms with Crippen LogP contribution in [0.1, 0.15) is 51.2 Å². The molecule has 0 bridgehead atoms. The summed E-state index contributed by atoms with van der Waals surface area (Å²) in [5.41, 5.74) is 0.436. The van der Waals surface area contributed by atoms with Gasteiger partial charge in [0.2, 0.25) is 17.8 Å². The maximum Gasteiger partial charge on any atom is 0.417 e. The van der Waals surface area contributed by atoms with E-state index in [9.17, 15) is 9.59 Å². The van der Waals surface area contributed by atoms with E-state index in [-0.39, 0.29) is 23.9 Å². The Labute approximate surface area is 216 Å². The number of ether oxygens (including phenoxy) is 1. The molecule has 37 heavy (non-hydrogen) atoms. The molecule has 3 aliphatic rings. The summed E-state index contributed by atoms with van der Waals surface area (Å²) in [5.74, 6) is 1.41. The molecule has 1 aliphatic carbocycles. The Hall–Kier alpha value is -3.54. The van der Waals surface area contributed by atoms with Crippen molar-refractivity contribution in [2.45, 2.75) is 64.9 Å². The van der Waals surface area contributed by atoms with Crippen LogP contribution in [0.25, 0.3) is 0 Å². The number of nitrogens with one attached hydrogen (secondary N) is 1. The monoisotopic (exact) mass is 509 g/mol. The molecular weight excluding hydrogens is 474 g/mol. The number of nitrogens with zero attached hydrogens (tertiary/aromatic N) is 8. The van der Waals surface area contributed by atoms with E-state index < -0.39 is 11.7 Å². The summed E-state index contributed by atoms with van der Waals surface area (Å²) in [6.45, 7) is 15.2.